The highest BCUT2D eigenvalue weighted by molar-refractivity contribution is 7.19. The summed E-state index contributed by atoms with van der Waals surface area (Å²) >= 11 is 1.53. The first-order valence-electron chi connectivity index (χ1n) is 4.34. The fourth-order valence-corrected chi connectivity index (χ4v) is 2.03. The Bertz CT molecular complexity index is 485. The monoisotopic (exact) mass is 219 g/mol. The van der Waals surface area contributed by atoms with E-state index in [2.05, 4.69) is 4.98 Å². The highest BCUT2D eigenvalue weighted by Gasteiger charge is 1.99. The minimum absolute atomic E-state index is 0.339. The predicted molar refractivity (Wildman–Crippen MR) is 61.0 cm³/mol. The second kappa shape index (κ2) is 4.20. The standard InChI is InChI=1S/C10H9N3OS/c11-13-9(14)5-6-10-12-7-3-1-2-4-8(7)15-10/h1-6H,11H2,(H,13,14). The molecule has 15 heavy (non-hydrogen) atoms. The summed E-state index contributed by atoms with van der Waals surface area (Å²) in [6.07, 6.45) is 3.00. The number of hydrogen-bond acceptors (Lipinski definition) is 4. The molecule has 0 saturated heterocycles. The van der Waals surface area contributed by atoms with Crippen LogP contribution in [0.1, 0.15) is 5.01 Å². The number of nitrogens with two attached hydrogens (primary N) is 1. The first-order valence-corrected chi connectivity index (χ1v) is 5.15. The van der Waals surface area contributed by atoms with Crippen molar-refractivity contribution in [3.8, 4) is 0 Å². The van der Waals surface area contributed by atoms with Gasteiger partial charge in [-0.3, -0.25) is 10.2 Å². The van der Waals surface area contributed by atoms with Crippen LogP contribution in [0.5, 0.6) is 0 Å². The summed E-state index contributed by atoms with van der Waals surface area (Å²) < 4.78 is 1.10. The summed E-state index contributed by atoms with van der Waals surface area (Å²) in [7, 11) is 0. The fourth-order valence-electron chi connectivity index (χ4n) is 1.16. The Morgan fingerprint density at radius 2 is 2.27 bits per heavy atom. The van der Waals surface area contributed by atoms with Crippen LogP contribution in [0.4, 0.5) is 0 Å². The molecule has 76 valence electrons. The number of thiazole rings is 1. The van der Waals surface area contributed by atoms with Gasteiger partial charge in [0.25, 0.3) is 5.91 Å². The van der Waals surface area contributed by atoms with Crippen LogP contribution in [-0.2, 0) is 4.79 Å². The minimum atomic E-state index is -0.339. The van der Waals surface area contributed by atoms with E-state index in [0.29, 0.717) is 0 Å². The summed E-state index contributed by atoms with van der Waals surface area (Å²) in [6, 6.07) is 7.82. The number of amides is 1. The van der Waals surface area contributed by atoms with Gasteiger partial charge in [-0.15, -0.1) is 11.3 Å². The van der Waals surface area contributed by atoms with E-state index in [1.807, 2.05) is 29.7 Å². The number of benzene rings is 1. The smallest absolute Gasteiger partial charge is 0.257 e. The molecule has 3 N–H and O–H groups in total. The molecule has 0 spiro atoms. The van der Waals surface area contributed by atoms with Crippen molar-refractivity contribution in [2.75, 3.05) is 0 Å². The van der Waals surface area contributed by atoms with Gasteiger partial charge in [0.2, 0.25) is 0 Å². The molecule has 5 heteroatoms. The van der Waals surface area contributed by atoms with E-state index in [1.165, 1.54) is 17.4 Å². The van der Waals surface area contributed by atoms with E-state index < -0.39 is 0 Å². The van der Waals surface area contributed by atoms with Crippen molar-refractivity contribution in [2.45, 2.75) is 0 Å². The third-order valence-electron chi connectivity index (χ3n) is 1.83. The number of nitrogens with zero attached hydrogens (tertiary/aromatic N) is 1. The lowest BCUT2D eigenvalue weighted by Gasteiger charge is -1.87. The van der Waals surface area contributed by atoms with Crippen LogP contribution in [0, 0.1) is 0 Å². The number of hydrazine groups is 1. The first kappa shape index (κ1) is 9.82. The molecule has 2 rings (SSSR count). The molecule has 0 bridgehead atoms. The molecule has 0 radical (unpaired) electrons. The van der Waals surface area contributed by atoms with Crippen LogP contribution in [0.25, 0.3) is 16.3 Å². The van der Waals surface area contributed by atoms with Crippen LogP contribution in [-0.4, -0.2) is 10.9 Å². The molecule has 0 atom stereocenters. The third-order valence-corrected chi connectivity index (χ3v) is 2.83. The van der Waals surface area contributed by atoms with Gasteiger partial charge in [0.05, 0.1) is 10.2 Å². The summed E-state index contributed by atoms with van der Waals surface area (Å²) in [5.41, 5.74) is 2.96. The van der Waals surface area contributed by atoms with E-state index in [0.717, 1.165) is 15.2 Å². The molecule has 1 amide bonds. The molecule has 4 nitrogen and oxygen atoms in total. The molecule has 1 aromatic carbocycles. The van der Waals surface area contributed by atoms with Crippen LogP contribution in [0.2, 0.25) is 0 Å². The Morgan fingerprint density at radius 1 is 1.47 bits per heavy atom. The fraction of sp³-hybridized carbons (Fsp3) is 0. The third kappa shape index (κ3) is 2.20. The van der Waals surface area contributed by atoms with E-state index in [9.17, 15) is 4.79 Å². The van der Waals surface area contributed by atoms with E-state index in [4.69, 9.17) is 5.84 Å². The van der Waals surface area contributed by atoms with Gasteiger partial charge in [-0.1, -0.05) is 12.1 Å². The zero-order chi connectivity index (χ0) is 10.7. The van der Waals surface area contributed by atoms with Crippen molar-refractivity contribution in [1.29, 1.82) is 0 Å². The lowest BCUT2D eigenvalue weighted by atomic mass is 10.3. The van der Waals surface area contributed by atoms with Gasteiger partial charge in [-0.25, -0.2) is 10.8 Å². The number of hydrogen-bond donors (Lipinski definition) is 2. The van der Waals surface area contributed by atoms with Gasteiger partial charge in [0.1, 0.15) is 5.01 Å². The number of carbonyl (C=O) groups is 1. The molecule has 2 aromatic rings. The zero-order valence-corrected chi connectivity index (χ0v) is 8.62. The van der Waals surface area contributed by atoms with Crippen LogP contribution in [0.15, 0.2) is 30.3 Å². The van der Waals surface area contributed by atoms with Crippen molar-refractivity contribution in [3.05, 3.63) is 35.3 Å². The quantitative estimate of drug-likeness (QED) is 0.346. The molecule has 0 fully saturated rings. The van der Waals surface area contributed by atoms with Gasteiger partial charge in [-0.2, -0.15) is 0 Å². The molecule has 0 unspecified atom stereocenters. The molecular weight excluding hydrogens is 210 g/mol. The molecular formula is C10H9N3OS. The number of rotatable bonds is 2. The first-order chi connectivity index (χ1) is 7.29. The predicted octanol–water partition coefficient (Wildman–Crippen LogP) is 1.30. The lowest BCUT2D eigenvalue weighted by Crippen LogP contribution is -2.27. The summed E-state index contributed by atoms with van der Waals surface area (Å²) in [5, 5.41) is 0.791. The van der Waals surface area contributed by atoms with E-state index in [1.54, 1.807) is 6.08 Å². The van der Waals surface area contributed by atoms with Gasteiger partial charge < -0.3 is 0 Å². The van der Waals surface area contributed by atoms with E-state index >= 15 is 0 Å². The number of aromatic nitrogens is 1. The number of carbonyl (C=O) groups excluding carboxylic acids is 1. The number of para-hydroxylation sites is 1. The average Bonchev–Trinajstić information content (AvgIpc) is 2.68. The van der Waals surface area contributed by atoms with Gasteiger partial charge in [-0.05, 0) is 18.2 Å². The summed E-state index contributed by atoms with van der Waals surface area (Å²) in [4.78, 5) is 15.2. The maximum atomic E-state index is 10.9. The zero-order valence-electron chi connectivity index (χ0n) is 7.81. The van der Waals surface area contributed by atoms with Crippen LogP contribution >= 0.6 is 11.3 Å². The Balaban J connectivity index is 2.29. The second-order valence-electron chi connectivity index (χ2n) is 2.86. The average molecular weight is 219 g/mol. The van der Waals surface area contributed by atoms with Gasteiger partial charge in [0, 0.05) is 6.08 Å². The molecule has 1 aromatic heterocycles. The Kier molecular flexibility index (Phi) is 2.75. The number of nitrogens with one attached hydrogen (secondary N) is 1. The Labute approximate surface area is 90.4 Å². The summed E-state index contributed by atoms with van der Waals surface area (Å²) in [6.45, 7) is 0. The van der Waals surface area contributed by atoms with Crippen molar-refractivity contribution in [1.82, 2.24) is 10.4 Å². The van der Waals surface area contributed by atoms with Crippen molar-refractivity contribution < 1.29 is 4.79 Å². The molecule has 0 aliphatic heterocycles. The second-order valence-corrected chi connectivity index (χ2v) is 3.92. The largest absolute Gasteiger partial charge is 0.291 e. The molecule has 0 aliphatic rings. The molecule has 1 heterocycles. The molecule has 0 aliphatic carbocycles. The van der Waals surface area contributed by atoms with E-state index in [-0.39, 0.29) is 5.91 Å². The Hall–Kier alpha value is -1.72. The molecule has 0 saturated carbocycles. The lowest BCUT2D eigenvalue weighted by molar-refractivity contribution is -0.116. The SMILES string of the molecule is NNC(=O)C=Cc1nc2ccccc2s1. The maximum Gasteiger partial charge on any atom is 0.257 e. The van der Waals surface area contributed by atoms with Gasteiger partial charge in [0.15, 0.2) is 0 Å². The van der Waals surface area contributed by atoms with Crippen molar-refractivity contribution in [2.24, 2.45) is 5.84 Å². The van der Waals surface area contributed by atoms with Crippen LogP contribution in [0.3, 0.4) is 0 Å². The van der Waals surface area contributed by atoms with Crippen LogP contribution < -0.4 is 11.3 Å². The van der Waals surface area contributed by atoms with Crippen molar-refractivity contribution >= 4 is 33.5 Å². The summed E-state index contributed by atoms with van der Waals surface area (Å²) in [5.74, 6) is 4.60. The maximum absolute atomic E-state index is 10.9. The minimum Gasteiger partial charge on any atom is -0.291 e. The van der Waals surface area contributed by atoms with Crippen molar-refractivity contribution in [3.63, 3.8) is 0 Å². The highest BCUT2D eigenvalue weighted by atomic mass is 32.1. The van der Waals surface area contributed by atoms with Gasteiger partial charge >= 0.3 is 0 Å². The normalized spacial score (nSPS) is 11.0. The topological polar surface area (TPSA) is 68.0 Å². The highest BCUT2D eigenvalue weighted by Crippen LogP contribution is 2.22. The Morgan fingerprint density at radius 3 is 3.00 bits per heavy atom. The number of fused-ring (bicyclic) bond motifs is 1.